The van der Waals surface area contributed by atoms with Crippen molar-refractivity contribution in [1.82, 2.24) is 14.9 Å². The summed E-state index contributed by atoms with van der Waals surface area (Å²) < 4.78 is 39.7. The van der Waals surface area contributed by atoms with Crippen molar-refractivity contribution in [3.63, 3.8) is 0 Å². The van der Waals surface area contributed by atoms with Gasteiger partial charge in [0.05, 0.1) is 17.7 Å². The number of H-pyrrole nitrogens is 1. The lowest BCUT2D eigenvalue weighted by atomic mass is 10.0. The van der Waals surface area contributed by atoms with Gasteiger partial charge in [-0.25, -0.2) is 13.8 Å². The van der Waals surface area contributed by atoms with Crippen LogP contribution in [0.15, 0.2) is 24.3 Å². The van der Waals surface area contributed by atoms with E-state index in [0.29, 0.717) is 34.6 Å². The summed E-state index contributed by atoms with van der Waals surface area (Å²) in [5.41, 5.74) is 1.93. The average molecular weight is 413 g/mol. The molecule has 0 radical (unpaired) electrons. The van der Waals surface area contributed by atoms with Crippen molar-refractivity contribution in [3.8, 4) is 11.5 Å². The summed E-state index contributed by atoms with van der Waals surface area (Å²) in [6.07, 6.45) is 1.71. The molecular formula is C22H21F2N3O3. The molecule has 5 rings (SSSR count). The van der Waals surface area contributed by atoms with Crippen LogP contribution in [-0.2, 0) is 0 Å². The minimum absolute atomic E-state index is 0.0628. The van der Waals surface area contributed by atoms with Gasteiger partial charge in [0, 0.05) is 37.2 Å². The Labute approximate surface area is 171 Å². The fraction of sp³-hybridized carbons (Fsp3) is 0.364. The molecule has 1 amide bonds. The first-order chi connectivity index (χ1) is 14.5. The number of amides is 1. The third kappa shape index (κ3) is 3.26. The molecule has 8 heteroatoms. The number of aryl methyl sites for hydroxylation is 1. The summed E-state index contributed by atoms with van der Waals surface area (Å²) in [5, 5.41) is 0. The second-order valence-electron chi connectivity index (χ2n) is 7.74. The smallest absolute Gasteiger partial charge is 0.254 e. The number of imidazole rings is 1. The average Bonchev–Trinajstić information content (AvgIpc) is 3.36. The van der Waals surface area contributed by atoms with E-state index in [2.05, 4.69) is 9.97 Å². The Kier molecular flexibility index (Phi) is 4.56. The summed E-state index contributed by atoms with van der Waals surface area (Å²) in [4.78, 5) is 22.4. The number of carbonyl (C=O) groups is 1. The van der Waals surface area contributed by atoms with Crippen LogP contribution in [0.4, 0.5) is 8.78 Å². The highest BCUT2D eigenvalue weighted by Crippen LogP contribution is 2.39. The van der Waals surface area contributed by atoms with Crippen molar-refractivity contribution in [1.29, 1.82) is 0 Å². The molecule has 0 spiro atoms. The Morgan fingerprint density at radius 1 is 1.23 bits per heavy atom. The maximum atomic E-state index is 14.5. The Bertz CT molecular complexity index is 1140. The van der Waals surface area contributed by atoms with Gasteiger partial charge in [0.1, 0.15) is 40.6 Å². The molecule has 156 valence electrons. The summed E-state index contributed by atoms with van der Waals surface area (Å²) in [7, 11) is 0. The van der Waals surface area contributed by atoms with E-state index in [-0.39, 0.29) is 23.8 Å². The van der Waals surface area contributed by atoms with Crippen LogP contribution in [0.5, 0.6) is 11.5 Å². The van der Waals surface area contributed by atoms with Crippen LogP contribution >= 0.6 is 0 Å². The van der Waals surface area contributed by atoms with Crippen LogP contribution < -0.4 is 9.47 Å². The van der Waals surface area contributed by atoms with Gasteiger partial charge in [-0.15, -0.1) is 0 Å². The lowest BCUT2D eigenvalue weighted by Gasteiger charge is -2.27. The standard InChI is InChI=1S/C22H21F2N3O3/c1-12-25-16-8-13(22(28)27-5-2-3-6-27)9-19(21(16)26-12)30-17-4-7-29-18-11-14(23)10-15(24)20(17)18/h8-11,17H,2-7H2,1H3,(H,25,26). The van der Waals surface area contributed by atoms with Gasteiger partial charge >= 0.3 is 0 Å². The molecule has 1 fully saturated rings. The third-order valence-electron chi connectivity index (χ3n) is 5.60. The third-order valence-corrected chi connectivity index (χ3v) is 5.60. The lowest BCUT2D eigenvalue weighted by molar-refractivity contribution is 0.0791. The molecule has 3 aromatic rings. The largest absolute Gasteiger partial charge is 0.493 e. The van der Waals surface area contributed by atoms with Gasteiger partial charge in [-0.1, -0.05) is 0 Å². The number of halogens is 2. The van der Waals surface area contributed by atoms with E-state index in [9.17, 15) is 13.6 Å². The van der Waals surface area contributed by atoms with Crippen LogP contribution in [0, 0.1) is 18.6 Å². The molecule has 3 heterocycles. The number of hydrogen-bond acceptors (Lipinski definition) is 4. The first kappa shape index (κ1) is 18.8. The molecule has 1 N–H and O–H groups in total. The van der Waals surface area contributed by atoms with Gasteiger partial charge in [-0.3, -0.25) is 4.79 Å². The highest BCUT2D eigenvalue weighted by Gasteiger charge is 2.29. The summed E-state index contributed by atoms with van der Waals surface area (Å²) in [6, 6.07) is 5.43. The normalized spacial score (nSPS) is 18.4. The number of nitrogens with one attached hydrogen (secondary N) is 1. The number of ether oxygens (including phenoxy) is 2. The van der Waals surface area contributed by atoms with Gasteiger partial charge in [-0.2, -0.15) is 0 Å². The fourth-order valence-electron chi connectivity index (χ4n) is 4.21. The maximum Gasteiger partial charge on any atom is 0.254 e. The Hall–Kier alpha value is -3.16. The topological polar surface area (TPSA) is 67.5 Å². The molecule has 30 heavy (non-hydrogen) atoms. The number of hydrogen-bond donors (Lipinski definition) is 1. The maximum absolute atomic E-state index is 14.5. The summed E-state index contributed by atoms with van der Waals surface area (Å²) in [6.45, 7) is 3.56. The van der Waals surface area contributed by atoms with Crippen LogP contribution in [0.25, 0.3) is 11.0 Å². The van der Waals surface area contributed by atoms with Crippen molar-refractivity contribution < 1.29 is 23.0 Å². The predicted octanol–water partition coefficient (Wildman–Crippen LogP) is 4.29. The molecule has 1 atom stereocenters. The number of aromatic nitrogens is 2. The van der Waals surface area contributed by atoms with E-state index in [1.807, 2.05) is 11.8 Å². The van der Waals surface area contributed by atoms with Crippen molar-refractivity contribution in [2.45, 2.75) is 32.3 Å². The molecule has 2 aliphatic rings. The fourth-order valence-corrected chi connectivity index (χ4v) is 4.21. The summed E-state index contributed by atoms with van der Waals surface area (Å²) >= 11 is 0. The van der Waals surface area contributed by atoms with E-state index in [1.165, 1.54) is 0 Å². The van der Waals surface area contributed by atoms with E-state index in [1.54, 1.807) is 12.1 Å². The number of carbonyl (C=O) groups excluding carboxylic acids is 1. The molecule has 0 aliphatic carbocycles. The molecular weight excluding hydrogens is 392 g/mol. The molecule has 1 saturated heterocycles. The number of benzene rings is 2. The van der Waals surface area contributed by atoms with Gasteiger partial charge in [0.2, 0.25) is 0 Å². The minimum atomic E-state index is -0.714. The highest BCUT2D eigenvalue weighted by atomic mass is 19.1. The van der Waals surface area contributed by atoms with Crippen molar-refractivity contribution in [3.05, 3.63) is 52.9 Å². The van der Waals surface area contributed by atoms with Crippen molar-refractivity contribution in [2.24, 2.45) is 0 Å². The van der Waals surface area contributed by atoms with E-state index in [4.69, 9.17) is 9.47 Å². The molecule has 0 bridgehead atoms. The van der Waals surface area contributed by atoms with Crippen molar-refractivity contribution in [2.75, 3.05) is 19.7 Å². The second-order valence-corrected chi connectivity index (χ2v) is 7.74. The first-order valence-corrected chi connectivity index (χ1v) is 10.1. The SMILES string of the molecule is Cc1nc2c(OC3CCOc4cc(F)cc(F)c43)cc(C(=O)N3CCCC3)cc2[nH]1. The number of aromatic amines is 1. The van der Waals surface area contributed by atoms with E-state index < -0.39 is 17.7 Å². The molecule has 6 nitrogen and oxygen atoms in total. The zero-order valence-corrected chi connectivity index (χ0v) is 16.5. The van der Waals surface area contributed by atoms with Crippen molar-refractivity contribution >= 4 is 16.9 Å². The molecule has 1 unspecified atom stereocenters. The van der Waals surface area contributed by atoms with Crippen LogP contribution in [0.3, 0.4) is 0 Å². The minimum Gasteiger partial charge on any atom is -0.493 e. The highest BCUT2D eigenvalue weighted by molar-refractivity contribution is 5.99. The van der Waals surface area contributed by atoms with Gasteiger partial charge in [-0.05, 0) is 31.9 Å². The molecule has 0 saturated carbocycles. The first-order valence-electron chi connectivity index (χ1n) is 10.1. The van der Waals surface area contributed by atoms with Crippen LogP contribution in [0.2, 0.25) is 0 Å². The summed E-state index contributed by atoms with van der Waals surface area (Å²) in [5.74, 6) is -0.263. The molecule has 2 aromatic carbocycles. The molecule has 2 aliphatic heterocycles. The number of nitrogens with zero attached hydrogens (tertiary/aromatic N) is 2. The predicted molar refractivity (Wildman–Crippen MR) is 106 cm³/mol. The molecule has 1 aromatic heterocycles. The number of likely N-dealkylation sites (tertiary alicyclic amines) is 1. The number of rotatable bonds is 3. The zero-order chi connectivity index (χ0) is 20.8. The monoisotopic (exact) mass is 413 g/mol. The quantitative estimate of drug-likeness (QED) is 0.696. The van der Waals surface area contributed by atoms with Crippen LogP contribution in [0.1, 0.15) is 47.1 Å². The van der Waals surface area contributed by atoms with E-state index >= 15 is 0 Å². The second kappa shape index (κ2) is 7.27. The van der Waals surface area contributed by atoms with Gasteiger partial charge in [0.15, 0.2) is 0 Å². The number of fused-ring (bicyclic) bond motifs is 2. The van der Waals surface area contributed by atoms with E-state index in [0.717, 1.165) is 38.1 Å². The Morgan fingerprint density at radius 3 is 2.83 bits per heavy atom. The lowest BCUT2D eigenvalue weighted by Crippen LogP contribution is -2.27. The Balaban J connectivity index is 1.56. The van der Waals surface area contributed by atoms with Crippen LogP contribution in [-0.4, -0.2) is 40.5 Å². The van der Waals surface area contributed by atoms with Gasteiger partial charge < -0.3 is 19.4 Å². The Morgan fingerprint density at radius 2 is 2.03 bits per heavy atom. The van der Waals surface area contributed by atoms with Gasteiger partial charge in [0.25, 0.3) is 5.91 Å². The zero-order valence-electron chi connectivity index (χ0n) is 16.5.